The summed E-state index contributed by atoms with van der Waals surface area (Å²) in [5.41, 5.74) is 2.65. The van der Waals surface area contributed by atoms with Gasteiger partial charge >= 0.3 is 0 Å². The average molecular weight is 489 g/mol. The van der Waals surface area contributed by atoms with Crippen LogP contribution in [0.1, 0.15) is 18.1 Å². The molecule has 3 aromatic rings. The van der Waals surface area contributed by atoms with Gasteiger partial charge in [0.2, 0.25) is 15.9 Å². The molecule has 0 bridgehead atoms. The Morgan fingerprint density at radius 1 is 0.969 bits per heavy atom. The van der Waals surface area contributed by atoms with Gasteiger partial charge in [0, 0.05) is 28.3 Å². The highest BCUT2D eigenvalue weighted by molar-refractivity contribution is 7.89. The number of nitrogens with zero attached hydrogens (tertiary/aromatic N) is 2. The summed E-state index contributed by atoms with van der Waals surface area (Å²) in [6.45, 7) is 1.72. The van der Waals surface area contributed by atoms with Crippen molar-refractivity contribution >= 4 is 44.8 Å². The topological polar surface area (TPSA) is 57.7 Å². The van der Waals surface area contributed by atoms with Crippen LogP contribution in [0.25, 0.3) is 0 Å². The molecule has 32 heavy (non-hydrogen) atoms. The number of para-hydroxylation sites is 1. The fourth-order valence-electron chi connectivity index (χ4n) is 3.95. The fraction of sp³-hybridized carbons (Fsp3) is 0.208. The van der Waals surface area contributed by atoms with E-state index in [1.54, 1.807) is 29.2 Å². The summed E-state index contributed by atoms with van der Waals surface area (Å²) in [6.07, 6.45) is 0.739. The molecule has 1 atom stereocenters. The molecule has 0 saturated carbocycles. The van der Waals surface area contributed by atoms with Crippen molar-refractivity contribution in [1.82, 2.24) is 4.31 Å². The van der Waals surface area contributed by atoms with Crippen LogP contribution in [0.5, 0.6) is 0 Å². The Morgan fingerprint density at radius 2 is 1.56 bits per heavy atom. The van der Waals surface area contributed by atoms with Crippen LogP contribution in [0.15, 0.2) is 77.7 Å². The predicted octanol–water partition coefficient (Wildman–Crippen LogP) is 5.16. The van der Waals surface area contributed by atoms with Crippen LogP contribution in [-0.4, -0.2) is 31.2 Å². The van der Waals surface area contributed by atoms with Gasteiger partial charge in [-0.2, -0.15) is 4.31 Å². The quantitative estimate of drug-likeness (QED) is 0.481. The van der Waals surface area contributed by atoms with Crippen LogP contribution >= 0.6 is 23.2 Å². The number of amides is 1. The molecule has 1 aliphatic rings. The number of halogens is 2. The van der Waals surface area contributed by atoms with E-state index < -0.39 is 10.0 Å². The number of sulfonamides is 1. The summed E-state index contributed by atoms with van der Waals surface area (Å²) in [6, 6.07) is 20.5. The second kappa shape index (κ2) is 9.24. The number of rotatable bonds is 6. The molecular formula is C24H22Cl2N2O3S. The minimum absolute atomic E-state index is 0.0394. The van der Waals surface area contributed by atoms with Crippen LogP contribution in [0.2, 0.25) is 10.0 Å². The molecule has 1 amide bonds. The molecule has 0 unspecified atom stereocenters. The van der Waals surface area contributed by atoms with Crippen molar-refractivity contribution in [3.05, 3.63) is 94.0 Å². The van der Waals surface area contributed by atoms with Crippen molar-refractivity contribution in [2.24, 2.45) is 0 Å². The third-order valence-electron chi connectivity index (χ3n) is 5.51. The van der Waals surface area contributed by atoms with Crippen LogP contribution in [0, 0.1) is 0 Å². The molecule has 0 radical (unpaired) electrons. The molecule has 0 N–H and O–H groups in total. The fourth-order valence-corrected chi connectivity index (χ4v) is 5.58. The van der Waals surface area contributed by atoms with Gasteiger partial charge in [-0.05, 0) is 66.9 Å². The lowest BCUT2D eigenvalue weighted by molar-refractivity contribution is -0.119. The molecule has 0 aliphatic carbocycles. The lowest BCUT2D eigenvalue weighted by Gasteiger charge is -2.27. The zero-order valence-electron chi connectivity index (χ0n) is 17.4. The molecule has 5 nitrogen and oxygen atoms in total. The first-order valence-electron chi connectivity index (χ1n) is 10.2. The first-order chi connectivity index (χ1) is 15.3. The van der Waals surface area contributed by atoms with Crippen LogP contribution in [0.3, 0.4) is 0 Å². The number of hydrogen-bond donors (Lipinski definition) is 0. The van der Waals surface area contributed by atoms with Crippen molar-refractivity contribution in [3.63, 3.8) is 0 Å². The Hall–Kier alpha value is -2.38. The summed E-state index contributed by atoms with van der Waals surface area (Å²) in [7, 11) is -3.95. The van der Waals surface area contributed by atoms with Crippen molar-refractivity contribution in [1.29, 1.82) is 0 Å². The minimum Gasteiger partial charge on any atom is -0.308 e. The minimum atomic E-state index is -3.95. The molecule has 0 spiro atoms. The maximum Gasteiger partial charge on any atom is 0.243 e. The van der Waals surface area contributed by atoms with Crippen LogP contribution in [0.4, 0.5) is 5.69 Å². The van der Waals surface area contributed by atoms with Gasteiger partial charge in [-0.1, -0.05) is 53.5 Å². The van der Waals surface area contributed by atoms with Crippen molar-refractivity contribution in [2.75, 3.05) is 11.4 Å². The van der Waals surface area contributed by atoms with E-state index >= 15 is 0 Å². The zero-order valence-corrected chi connectivity index (χ0v) is 19.7. The summed E-state index contributed by atoms with van der Waals surface area (Å²) in [4.78, 5) is 15.2. The molecule has 1 aliphatic heterocycles. The number of anilines is 1. The Morgan fingerprint density at radius 3 is 2.22 bits per heavy atom. The summed E-state index contributed by atoms with van der Waals surface area (Å²) >= 11 is 11.9. The molecule has 3 aromatic carbocycles. The Labute approximate surface area is 198 Å². The Kier molecular flexibility index (Phi) is 6.58. The van der Waals surface area contributed by atoms with Crippen molar-refractivity contribution in [3.8, 4) is 0 Å². The van der Waals surface area contributed by atoms with Gasteiger partial charge in [0.25, 0.3) is 0 Å². The smallest absolute Gasteiger partial charge is 0.243 e. The second-order valence-electron chi connectivity index (χ2n) is 7.80. The van der Waals surface area contributed by atoms with E-state index in [1.165, 1.54) is 28.6 Å². The van der Waals surface area contributed by atoms with E-state index in [9.17, 15) is 13.2 Å². The van der Waals surface area contributed by atoms with E-state index in [1.807, 2.05) is 31.2 Å². The van der Waals surface area contributed by atoms with E-state index in [2.05, 4.69) is 0 Å². The van der Waals surface area contributed by atoms with E-state index in [0.29, 0.717) is 10.0 Å². The molecule has 0 aromatic heterocycles. The third-order valence-corrected chi connectivity index (χ3v) is 7.82. The zero-order chi connectivity index (χ0) is 22.9. The van der Waals surface area contributed by atoms with E-state index in [-0.39, 0.29) is 29.9 Å². The predicted molar refractivity (Wildman–Crippen MR) is 128 cm³/mol. The SMILES string of the molecule is C[C@@H]1Cc2ccccc2N1C(=O)CN(Cc1ccc(Cl)cc1)S(=O)(=O)c1ccc(Cl)cc1. The first kappa shape index (κ1) is 22.8. The number of fused-ring (bicyclic) bond motifs is 1. The van der Waals surface area contributed by atoms with Gasteiger partial charge in [-0.3, -0.25) is 4.79 Å². The molecule has 1 heterocycles. The highest BCUT2D eigenvalue weighted by atomic mass is 35.5. The van der Waals surface area contributed by atoms with Gasteiger partial charge in [0.05, 0.1) is 11.4 Å². The molecule has 0 saturated heterocycles. The molecular weight excluding hydrogens is 467 g/mol. The summed E-state index contributed by atoms with van der Waals surface area (Å²) in [5, 5.41) is 0.992. The second-order valence-corrected chi connectivity index (χ2v) is 10.6. The Bertz CT molecular complexity index is 1230. The number of carbonyl (C=O) groups is 1. The number of carbonyl (C=O) groups excluding carboxylic acids is 1. The molecule has 4 rings (SSSR count). The molecule has 8 heteroatoms. The third kappa shape index (κ3) is 4.69. The van der Waals surface area contributed by atoms with Crippen molar-refractivity contribution in [2.45, 2.75) is 30.8 Å². The van der Waals surface area contributed by atoms with Crippen LogP contribution in [-0.2, 0) is 27.8 Å². The standard InChI is InChI=1S/C24H22Cl2N2O3S/c1-17-14-19-4-2-3-5-23(19)28(17)24(29)16-27(15-18-6-8-20(25)9-7-18)32(30,31)22-12-10-21(26)11-13-22/h2-13,17H,14-16H2,1H3/t17-/m1/s1. The van der Waals surface area contributed by atoms with Gasteiger partial charge in [-0.25, -0.2) is 8.42 Å². The maximum absolute atomic E-state index is 13.5. The summed E-state index contributed by atoms with van der Waals surface area (Å²) < 4.78 is 28.2. The van der Waals surface area contributed by atoms with Gasteiger partial charge < -0.3 is 4.90 Å². The van der Waals surface area contributed by atoms with E-state index in [0.717, 1.165) is 23.2 Å². The largest absolute Gasteiger partial charge is 0.308 e. The van der Waals surface area contributed by atoms with Crippen molar-refractivity contribution < 1.29 is 13.2 Å². The maximum atomic E-state index is 13.5. The number of hydrogen-bond acceptors (Lipinski definition) is 3. The van der Waals surface area contributed by atoms with Gasteiger partial charge in [-0.15, -0.1) is 0 Å². The molecule has 0 fully saturated rings. The van der Waals surface area contributed by atoms with Gasteiger partial charge in [0.1, 0.15) is 0 Å². The Balaban J connectivity index is 1.67. The average Bonchev–Trinajstić information content (AvgIpc) is 3.10. The van der Waals surface area contributed by atoms with E-state index in [4.69, 9.17) is 23.2 Å². The number of benzene rings is 3. The van der Waals surface area contributed by atoms with Gasteiger partial charge in [0.15, 0.2) is 0 Å². The normalized spacial score (nSPS) is 15.8. The lowest BCUT2D eigenvalue weighted by atomic mass is 10.1. The highest BCUT2D eigenvalue weighted by Gasteiger charge is 2.34. The first-order valence-corrected chi connectivity index (χ1v) is 12.4. The molecule has 166 valence electrons. The van der Waals surface area contributed by atoms with Crippen LogP contribution < -0.4 is 4.90 Å². The lowest BCUT2D eigenvalue weighted by Crippen LogP contribution is -2.44. The monoisotopic (exact) mass is 488 g/mol. The summed E-state index contributed by atoms with van der Waals surface area (Å²) in [5.74, 6) is -0.269. The highest BCUT2D eigenvalue weighted by Crippen LogP contribution is 2.32.